The van der Waals surface area contributed by atoms with E-state index in [1.807, 2.05) is 4.68 Å². The number of hydrogen-bond acceptors (Lipinski definition) is 3. The van der Waals surface area contributed by atoms with Crippen LogP contribution >= 0.6 is 11.6 Å². The summed E-state index contributed by atoms with van der Waals surface area (Å²) in [6.07, 6.45) is 6.76. The number of hydrogen-bond donors (Lipinski definition) is 1. The van der Waals surface area contributed by atoms with E-state index >= 15 is 0 Å². The third-order valence-corrected chi connectivity index (χ3v) is 4.29. The van der Waals surface area contributed by atoms with E-state index in [1.54, 1.807) is 6.33 Å². The highest BCUT2D eigenvalue weighted by molar-refractivity contribution is 6.18. The molecule has 0 unspecified atom stereocenters. The normalized spacial score (nSPS) is 18.7. The summed E-state index contributed by atoms with van der Waals surface area (Å²) in [7, 11) is 0. The van der Waals surface area contributed by atoms with Gasteiger partial charge in [0.15, 0.2) is 0 Å². The Morgan fingerprint density at radius 3 is 2.88 bits per heavy atom. The summed E-state index contributed by atoms with van der Waals surface area (Å²) < 4.78 is 1.93. The maximum Gasteiger partial charge on any atom is 0.140 e. The molecular weight excluding hydrogens is 236 g/mol. The van der Waals surface area contributed by atoms with Gasteiger partial charge in [0.25, 0.3) is 0 Å². The first kappa shape index (κ1) is 12.8. The van der Waals surface area contributed by atoms with Crippen molar-refractivity contribution in [1.82, 2.24) is 20.1 Å². The van der Waals surface area contributed by atoms with Crippen molar-refractivity contribution in [2.75, 3.05) is 12.4 Å². The lowest BCUT2D eigenvalue weighted by molar-refractivity contribution is 0.317. The van der Waals surface area contributed by atoms with E-state index in [9.17, 15) is 0 Å². The van der Waals surface area contributed by atoms with Gasteiger partial charge in [0.2, 0.25) is 0 Å². The molecule has 0 spiro atoms. The highest BCUT2D eigenvalue weighted by atomic mass is 35.5. The van der Waals surface area contributed by atoms with Crippen LogP contribution < -0.4 is 5.32 Å². The zero-order chi connectivity index (χ0) is 12.1. The minimum atomic E-state index is 0.318. The van der Waals surface area contributed by atoms with Gasteiger partial charge in [-0.25, -0.2) is 9.67 Å². The van der Waals surface area contributed by atoms with Crippen LogP contribution in [0.4, 0.5) is 0 Å². The lowest BCUT2D eigenvalue weighted by Crippen LogP contribution is -2.34. The molecule has 1 aromatic rings. The first-order valence-corrected chi connectivity index (χ1v) is 6.96. The van der Waals surface area contributed by atoms with Gasteiger partial charge in [-0.3, -0.25) is 0 Å². The van der Waals surface area contributed by atoms with Crippen LogP contribution in [0.1, 0.15) is 38.4 Å². The first-order valence-electron chi connectivity index (χ1n) is 6.43. The molecule has 0 saturated heterocycles. The van der Waals surface area contributed by atoms with E-state index < -0.39 is 0 Å². The fourth-order valence-electron chi connectivity index (χ4n) is 2.61. The summed E-state index contributed by atoms with van der Waals surface area (Å²) in [6.45, 7) is 4.73. The van der Waals surface area contributed by atoms with E-state index in [1.165, 1.54) is 25.7 Å². The quantitative estimate of drug-likeness (QED) is 0.794. The zero-order valence-corrected chi connectivity index (χ0v) is 11.2. The Balaban J connectivity index is 1.82. The topological polar surface area (TPSA) is 42.7 Å². The van der Waals surface area contributed by atoms with E-state index in [2.05, 4.69) is 22.3 Å². The molecule has 1 aromatic heterocycles. The summed E-state index contributed by atoms with van der Waals surface area (Å²) in [5.74, 6) is 1.77. The molecule has 17 heavy (non-hydrogen) atoms. The number of aromatic nitrogens is 3. The molecule has 1 aliphatic rings. The van der Waals surface area contributed by atoms with Gasteiger partial charge in [-0.05, 0) is 25.2 Å². The van der Waals surface area contributed by atoms with Crippen LogP contribution in [0.5, 0.6) is 0 Å². The third kappa shape index (κ3) is 2.99. The summed E-state index contributed by atoms with van der Waals surface area (Å²) in [5, 5.41) is 7.65. The standard InChI is InChI=1S/C12H21ClN4/c1-2-17-11(15-10-16-17)7-14-9-12(8-13)5-3-4-6-12/h10,14H,2-9H2,1H3. The molecule has 96 valence electrons. The molecule has 2 rings (SSSR count). The van der Waals surface area contributed by atoms with E-state index in [0.717, 1.165) is 31.3 Å². The van der Waals surface area contributed by atoms with Crippen molar-refractivity contribution in [3.8, 4) is 0 Å². The highest BCUT2D eigenvalue weighted by Gasteiger charge is 2.32. The van der Waals surface area contributed by atoms with E-state index in [4.69, 9.17) is 11.6 Å². The molecule has 1 heterocycles. The molecule has 0 atom stereocenters. The predicted octanol–water partition coefficient (Wildman–Crippen LogP) is 2.19. The minimum absolute atomic E-state index is 0.318. The summed E-state index contributed by atoms with van der Waals surface area (Å²) in [4.78, 5) is 4.26. The van der Waals surface area contributed by atoms with Gasteiger partial charge in [-0.15, -0.1) is 11.6 Å². The Labute approximate surface area is 108 Å². The second-order valence-electron chi connectivity index (χ2n) is 4.94. The van der Waals surface area contributed by atoms with Crippen molar-refractivity contribution in [3.63, 3.8) is 0 Å². The van der Waals surface area contributed by atoms with E-state index in [0.29, 0.717) is 5.41 Å². The number of aryl methyl sites for hydroxylation is 1. The van der Waals surface area contributed by atoms with Gasteiger partial charge >= 0.3 is 0 Å². The third-order valence-electron chi connectivity index (χ3n) is 3.73. The molecule has 0 aliphatic heterocycles. The number of nitrogens with zero attached hydrogens (tertiary/aromatic N) is 3. The molecular formula is C12H21ClN4. The number of alkyl halides is 1. The fraction of sp³-hybridized carbons (Fsp3) is 0.833. The molecule has 1 N–H and O–H groups in total. The summed E-state index contributed by atoms with van der Waals surface area (Å²) in [5.41, 5.74) is 0.318. The number of nitrogens with one attached hydrogen (secondary N) is 1. The molecule has 0 aromatic carbocycles. The lowest BCUT2D eigenvalue weighted by Gasteiger charge is -2.26. The van der Waals surface area contributed by atoms with Crippen molar-refractivity contribution >= 4 is 11.6 Å². The van der Waals surface area contributed by atoms with Crippen molar-refractivity contribution in [2.45, 2.75) is 45.7 Å². The zero-order valence-electron chi connectivity index (χ0n) is 10.5. The maximum atomic E-state index is 6.11. The van der Waals surface area contributed by atoms with Gasteiger partial charge in [-0.1, -0.05) is 12.8 Å². The molecule has 0 radical (unpaired) electrons. The van der Waals surface area contributed by atoms with Crippen molar-refractivity contribution < 1.29 is 0 Å². The largest absolute Gasteiger partial charge is 0.309 e. The van der Waals surface area contributed by atoms with Gasteiger partial charge < -0.3 is 5.32 Å². The molecule has 5 heteroatoms. The Hall–Kier alpha value is -0.610. The average Bonchev–Trinajstić information content (AvgIpc) is 2.98. The number of rotatable bonds is 6. The lowest BCUT2D eigenvalue weighted by atomic mass is 9.88. The second-order valence-corrected chi connectivity index (χ2v) is 5.20. The van der Waals surface area contributed by atoms with Gasteiger partial charge in [0.05, 0.1) is 6.54 Å². The van der Waals surface area contributed by atoms with Crippen LogP contribution in [0.3, 0.4) is 0 Å². The maximum absolute atomic E-state index is 6.11. The Kier molecular flexibility index (Phi) is 4.40. The molecule has 1 saturated carbocycles. The molecule has 4 nitrogen and oxygen atoms in total. The van der Waals surface area contributed by atoms with Crippen LogP contribution in [0.25, 0.3) is 0 Å². The van der Waals surface area contributed by atoms with Crippen molar-refractivity contribution in [3.05, 3.63) is 12.2 Å². The molecule has 1 aliphatic carbocycles. The average molecular weight is 257 g/mol. The van der Waals surface area contributed by atoms with Crippen molar-refractivity contribution in [2.24, 2.45) is 5.41 Å². The second kappa shape index (κ2) is 5.83. The minimum Gasteiger partial charge on any atom is -0.309 e. The molecule has 0 bridgehead atoms. The Morgan fingerprint density at radius 2 is 2.24 bits per heavy atom. The van der Waals surface area contributed by atoms with E-state index in [-0.39, 0.29) is 0 Å². The SMILES string of the molecule is CCn1ncnc1CNCC1(CCl)CCCC1. The van der Waals surface area contributed by atoms with Crippen LogP contribution in [-0.2, 0) is 13.1 Å². The smallest absolute Gasteiger partial charge is 0.140 e. The molecule has 0 amide bonds. The number of halogens is 1. The summed E-state index contributed by atoms with van der Waals surface area (Å²) in [6, 6.07) is 0. The Morgan fingerprint density at radius 1 is 1.47 bits per heavy atom. The highest BCUT2D eigenvalue weighted by Crippen LogP contribution is 2.38. The predicted molar refractivity (Wildman–Crippen MR) is 69.0 cm³/mol. The van der Waals surface area contributed by atoms with Gasteiger partial charge in [0, 0.05) is 19.0 Å². The first-order chi connectivity index (χ1) is 8.29. The fourth-order valence-corrected chi connectivity index (χ4v) is 2.97. The van der Waals surface area contributed by atoms with Crippen LogP contribution in [-0.4, -0.2) is 27.2 Å². The van der Waals surface area contributed by atoms with Gasteiger partial charge in [0.1, 0.15) is 12.2 Å². The van der Waals surface area contributed by atoms with Crippen LogP contribution in [0.2, 0.25) is 0 Å². The Bertz CT molecular complexity index is 344. The molecule has 1 fully saturated rings. The van der Waals surface area contributed by atoms with Crippen LogP contribution in [0.15, 0.2) is 6.33 Å². The van der Waals surface area contributed by atoms with Crippen molar-refractivity contribution in [1.29, 1.82) is 0 Å². The van der Waals surface area contributed by atoms with Crippen LogP contribution in [0, 0.1) is 5.41 Å². The monoisotopic (exact) mass is 256 g/mol. The summed E-state index contributed by atoms with van der Waals surface area (Å²) >= 11 is 6.11. The van der Waals surface area contributed by atoms with Gasteiger partial charge in [-0.2, -0.15) is 5.10 Å².